The number of aromatic nitrogens is 1. The summed E-state index contributed by atoms with van der Waals surface area (Å²) in [5.74, 6) is -0.199. The minimum atomic E-state index is -0.199. The van der Waals surface area contributed by atoms with E-state index < -0.39 is 0 Å². The summed E-state index contributed by atoms with van der Waals surface area (Å²) in [6.45, 7) is 2.04. The molecule has 2 aliphatic rings. The Balaban J connectivity index is 2.17. The van der Waals surface area contributed by atoms with Gasteiger partial charge in [-0.25, -0.2) is 0 Å². The smallest absolute Gasteiger partial charge is 0.0762 e. The molecule has 0 spiro atoms. The van der Waals surface area contributed by atoms with Crippen LogP contribution in [0.15, 0.2) is 17.2 Å². The van der Waals surface area contributed by atoms with Crippen LogP contribution in [0.5, 0.6) is 0 Å². The number of hydrazone groups is 1. The predicted molar refractivity (Wildman–Crippen MR) is 73.3 cm³/mol. The lowest BCUT2D eigenvalue weighted by atomic mass is 9.90. The lowest BCUT2D eigenvalue weighted by molar-refractivity contribution is -0.212. The van der Waals surface area contributed by atoms with Crippen LogP contribution < -0.4 is 10.5 Å². The van der Waals surface area contributed by atoms with Crippen molar-refractivity contribution in [3.8, 4) is 0 Å². The van der Waals surface area contributed by atoms with Crippen LogP contribution in [0.3, 0.4) is 0 Å². The van der Waals surface area contributed by atoms with Gasteiger partial charge in [0.1, 0.15) is 0 Å². The Hall–Kier alpha value is -2.10. The number of nitrogens with one attached hydrogen (secondary N) is 1. The van der Waals surface area contributed by atoms with Gasteiger partial charge in [0.05, 0.1) is 11.2 Å². The van der Waals surface area contributed by atoms with E-state index in [4.69, 9.17) is 4.98 Å². The van der Waals surface area contributed by atoms with E-state index in [1.165, 1.54) is 24.1 Å². The molecule has 1 aromatic heterocycles. The van der Waals surface area contributed by atoms with Gasteiger partial charge in [0.2, 0.25) is 0 Å². The third-order valence-electron chi connectivity index (χ3n) is 4.12. The summed E-state index contributed by atoms with van der Waals surface area (Å²) < 4.78 is 0. The van der Waals surface area contributed by atoms with Gasteiger partial charge in [-0.05, 0) is 49.3 Å². The van der Waals surface area contributed by atoms with Crippen LogP contribution in [-0.2, 0) is 12.8 Å². The van der Waals surface area contributed by atoms with Gasteiger partial charge in [0.15, 0.2) is 0 Å². The van der Waals surface area contributed by atoms with E-state index in [-0.39, 0.29) is 5.90 Å². The minimum absolute atomic E-state index is 0.199. The number of nitrogens with zero attached hydrogens (tertiary/aromatic N) is 2. The number of hydrogen-bond acceptors (Lipinski definition) is 4. The highest BCUT2D eigenvalue weighted by atomic mass is 16.3. The first kappa shape index (κ1) is 10.8. The van der Waals surface area contributed by atoms with Crippen molar-refractivity contribution >= 4 is 22.5 Å². The average Bonchev–Trinajstić information content (AvgIpc) is 2.44. The van der Waals surface area contributed by atoms with Crippen LogP contribution in [0, 0.1) is 6.92 Å². The highest BCUT2D eigenvalue weighted by molar-refractivity contribution is 6.12. The normalized spacial score (nSPS) is 16.8. The van der Waals surface area contributed by atoms with Gasteiger partial charge in [-0.2, -0.15) is 5.10 Å². The average molecular weight is 252 g/mol. The molecule has 2 aromatic rings. The van der Waals surface area contributed by atoms with Crippen LogP contribution in [0.25, 0.3) is 10.9 Å². The van der Waals surface area contributed by atoms with Crippen LogP contribution in [-0.4, -0.2) is 10.9 Å². The number of hydrogen-bond donors (Lipinski definition) is 1. The number of benzene rings is 1. The Morgan fingerprint density at radius 1 is 1.21 bits per heavy atom. The third kappa shape index (κ3) is 1.40. The van der Waals surface area contributed by atoms with Gasteiger partial charge < -0.3 is 5.11 Å². The Morgan fingerprint density at radius 3 is 2.95 bits per heavy atom. The predicted octanol–water partition coefficient (Wildman–Crippen LogP) is 1.87. The molecule has 1 aliphatic heterocycles. The van der Waals surface area contributed by atoms with Crippen LogP contribution in [0.1, 0.15) is 35.2 Å². The first-order valence-corrected chi connectivity index (χ1v) is 6.72. The highest BCUT2D eigenvalue weighted by Gasteiger charge is 2.22. The molecule has 0 saturated carbocycles. The van der Waals surface area contributed by atoms with E-state index >= 15 is 0 Å². The van der Waals surface area contributed by atoms with Crippen molar-refractivity contribution in [1.82, 2.24) is 4.98 Å². The van der Waals surface area contributed by atoms with E-state index in [1.54, 1.807) is 0 Å². The fourth-order valence-electron chi connectivity index (χ4n) is 3.13. The molecule has 0 unspecified atom stereocenters. The maximum atomic E-state index is 11.9. The van der Waals surface area contributed by atoms with Crippen molar-refractivity contribution in [3.63, 3.8) is 0 Å². The maximum Gasteiger partial charge on any atom is 0.0762 e. The zero-order valence-electron chi connectivity index (χ0n) is 10.8. The molecule has 0 bridgehead atoms. The van der Waals surface area contributed by atoms with E-state index in [0.29, 0.717) is 5.56 Å². The zero-order chi connectivity index (χ0) is 13.0. The number of rotatable bonds is 0. The van der Waals surface area contributed by atoms with Gasteiger partial charge in [-0.15, -0.1) is 0 Å². The molecule has 0 radical (unpaired) electrons. The second kappa shape index (κ2) is 3.70. The Kier molecular flexibility index (Phi) is 2.10. The molecule has 0 amide bonds. The summed E-state index contributed by atoms with van der Waals surface area (Å²) in [5, 5.41) is 16.8. The van der Waals surface area contributed by atoms with Gasteiger partial charge in [0.25, 0.3) is 0 Å². The summed E-state index contributed by atoms with van der Waals surface area (Å²) in [6, 6.07) is 3.83. The highest BCUT2D eigenvalue weighted by Crippen LogP contribution is 2.37. The second-order valence-electron chi connectivity index (χ2n) is 5.30. The topological polar surface area (TPSA) is 60.3 Å². The van der Waals surface area contributed by atoms with Crippen molar-refractivity contribution in [3.05, 3.63) is 34.5 Å². The molecule has 1 aliphatic carbocycles. The summed E-state index contributed by atoms with van der Waals surface area (Å²) in [7, 11) is 0. The van der Waals surface area contributed by atoms with Crippen molar-refractivity contribution in [1.29, 1.82) is 0 Å². The fourth-order valence-corrected chi connectivity index (χ4v) is 3.13. The quantitative estimate of drug-likeness (QED) is 0.778. The van der Waals surface area contributed by atoms with Crippen LogP contribution in [0.2, 0.25) is 0 Å². The van der Waals surface area contributed by atoms with E-state index in [0.717, 1.165) is 35.0 Å². The molecular formula is C15H14N3O-. The van der Waals surface area contributed by atoms with Gasteiger partial charge in [-0.1, -0.05) is 12.1 Å². The van der Waals surface area contributed by atoms with E-state index in [9.17, 15) is 5.11 Å². The van der Waals surface area contributed by atoms with Gasteiger partial charge in [-0.3, -0.25) is 10.4 Å². The Morgan fingerprint density at radius 2 is 2.05 bits per heavy atom. The lowest BCUT2D eigenvalue weighted by Crippen LogP contribution is -2.25. The van der Waals surface area contributed by atoms with Crippen molar-refractivity contribution in [2.24, 2.45) is 5.10 Å². The van der Waals surface area contributed by atoms with Gasteiger partial charge >= 0.3 is 0 Å². The molecule has 0 saturated heterocycles. The van der Waals surface area contributed by atoms with Crippen LogP contribution in [0.4, 0.5) is 5.69 Å². The SMILES string of the molecule is Cc1ccc2c3c(c4c(nc13)CCCC4)NN=C2[O-]. The van der Waals surface area contributed by atoms with E-state index in [1.807, 2.05) is 19.1 Å². The Labute approximate surface area is 111 Å². The first-order chi connectivity index (χ1) is 9.25. The second-order valence-corrected chi connectivity index (χ2v) is 5.30. The van der Waals surface area contributed by atoms with Crippen LogP contribution >= 0.6 is 0 Å². The molecular weight excluding hydrogens is 238 g/mol. The largest absolute Gasteiger partial charge is 0.857 e. The molecule has 96 valence electrons. The first-order valence-electron chi connectivity index (χ1n) is 6.72. The monoisotopic (exact) mass is 252 g/mol. The summed E-state index contributed by atoms with van der Waals surface area (Å²) in [4.78, 5) is 4.82. The minimum Gasteiger partial charge on any atom is -0.857 e. The number of anilines is 1. The zero-order valence-corrected chi connectivity index (χ0v) is 10.8. The van der Waals surface area contributed by atoms with E-state index in [2.05, 4.69) is 10.5 Å². The number of pyridine rings is 1. The molecule has 4 nitrogen and oxygen atoms in total. The molecule has 2 heterocycles. The number of aryl methyl sites for hydroxylation is 2. The van der Waals surface area contributed by atoms with Crippen molar-refractivity contribution in [2.75, 3.05) is 5.43 Å². The summed E-state index contributed by atoms with van der Waals surface area (Å²) >= 11 is 0. The third-order valence-corrected chi connectivity index (χ3v) is 4.12. The molecule has 4 heteroatoms. The summed E-state index contributed by atoms with van der Waals surface area (Å²) in [5.41, 5.74) is 9.14. The van der Waals surface area contributed by atoms with Crippen molar-refractivity contribution in [2.45, 2.75) is 32.6 Å². The molecule has 1 aromatic carbocycles. The van der Waals surface area contributed by atoms with Crippen molar-refractivity contribution < 1.29 is 5.11 Å². The lowest BCUT2D eigenvalue weighted by Gasteiger charge is -2.27. The standard InChI is InChI=1S/C15H15N3O/c1-8-6-7-10-12-13(8)16-11-5-3-2-4-9(11)14(12)17-18-15(10)19/h6-7,17H,2-5H2,1H3,(H,18,19)/p-1. The van der Waals surface area contributed by atoms with Gasteiger partial charge in [0, 0.05) is 17.0 Å². The molecule has 1 N–H and O–H groups in total. The number of fused-ring (bicyclic) bond motifs is 2. The summed E-state index contributed by atoms with van der Waals surface area (Å²) in [6.07, 6.45) is 4.43. The fraction of sp³-hybridized carbons (Fsp3) is 0.333. The molecule has 0 atom stereocenters. The maximum absolute atomic E-state index is 11.9. The Bertz CT molecular complexity index is 734. The molecule has 0 fully saturated rings. The molecule has 4 rings (SSSR count). The molecule has 19 heavy (non-hydrogen) atoms.